The van der Waals surface area contributed by atoms with Crippen molar-refractivity contribution in [3.05, 3.63) is 11.4 Å². The Hall–Kier alpha value is -1.40. The number of nitrogens with one attached hydrogen (secondary N) is 1. The van der Waals surface area contributed by atoms with Gasteiger partial charge in [0.25, 0.3) is 0 Å². The van der Waals surface area contributed by atoms with Gasteiger partial charge in [0.1, 0.15) is 11.6 Å². The van der Waals surface area contributed by atoms with Crippen molar-refractivity contribution >= 4 is 5.82 Å². The first-order valence-electron chi connectivity index (χ1n) is 6.70. The zero-order chi connectivity index (χ0) is 14.3. The van der Waals surface area contributed by atoms with Crippen LogP contribution in [0.4, 0.5) is 5.82 Å². The van der Waals surface area contributed by atoms with Crippen LogP contribution in [0.3, 0.4) is 0 Å². The molecule has 0 bridgehead atoms. The van der Waals surface area contributed by atoms with Crippen molar-refractivity contribution in [1.82, 2.24) is 14.9 Å². The summed E-state index contributed by atoms with van der Waals surface area (Å²) in [5.41, 5.74) is 3.46. The molecule has 1 rings (SSSR count). The molecule has 19 heavy (non-hydrogen) atoms. The van der Waals surface area contributed by atoms with Gasteiger partial charge in [-0.1, -0.05) is 6.92 Å². The van der Waals surface area contributed by atoms with E-state index in [0.717, 1.165) is 37.2 Å². The highest BCUT2D eigenvalue weighted by atomic mass is 16.5. The summed E-state index contributed by atoms with van der Waals surface area (Å²) in [6, 6.07) is 0. The minimum absolute atomic E-state index is 0.630. The number of nitrogens with two attached hydrogens (primary N) is 1. The number of ether oxygens (including phenoxy) is 1. The van der Waals surface area contributed by atoms with Crippen LogP contribution in [0.25, 0.3) is 0 Å². The Kier molecular flexibility index (Phi) is 6.52. The molecule has 1 heterocycles. The molecule has 0 saturated heterocycles. The first-order chi connectivity index (χ1) is 9.08. The van der Waals surface area contributed by atoms with E-state index in [-0.39, 0.29) is 0 Å². The molecule has 0 aliphatic rings. The predicted molar refractivity (Wildman–Crippen MR) is 77.2 cm³/mol. The van der Waals surface area contributed by atoms with Crippen molar-refractivity contribution in [2.45, 2.75) is 33.1 Å². The van der Waals surface area contributed by atoms with E-state index in [1.807, 2.05) is 21.0 Å². The molecule has 0 atom stereocenters. The minimum atomic E-state index is 0.630. The highest BCUT2D eigenvalue weighted by Gasteiger charge is 2.11. The van der Waals surface area contributed by atoms with Crippen molar-refractivity contribution in [2.75, 3.05) is 32.7 Å². The van der Waals surface area contributed by atoms with Crippen LogP contribution in [-0.2, 0) is 6.42 Å². The number of nitrogen functional groups attached to an aromatic ring is 1. The predicted octanol–water partition coefficient (Wildman–Crippen LogP) is 1.35. The Morgan fingerprint density at radius 3 is 2.63 bits per heavy atom. The summed E-state index contributed by atoms with van der Waals surface area (Å²) in [6.07, 6.45) is 2.78. The van der Waals surface area contributed by atoms with Gasteiger partial charge in [-0.15, -0.1) is 0 Å². The number of hydrogen-bond donors (Lipinski definition) is 2. The summed E-state index contributed by atoms with van der Waals surface area (Å²) >= 11 is 0. The van der Waals surface area contributed by atoms with Gasteiger partial charge in [0.05, 0.1) is 12.2 Å². The third-order valence-electron chi connectivity index (χ3n) is 2.75. The van der Waals surface area contributed by atoms with E-state index in [1.54, 1.807) is 0 Å². The largest absolute Gasteiger partial charge is 0.477 e. The van der Waals surface area contributed by atoms with Crippen LogP contribution in [0.1, 0.15) is 31.2 Å². The molecule has 1 aromatic rings. The fourth-order valence-corrected chi connectivity index (χ4v) is 1.71. The van der Waals surface area contributed by atoms with Crippen molar-refractivity contribution in [3.63, 3.8) is 0 Å². The maximum Gasteiger partial charge on any atom is 0.221 e. The van der Waals surface area contributed by atoms with E-state index in [9.17, 15) is 0 Å². The summed E-state index contributed by atoms with van der Waals surface area (Å²) in [5, 5.41) is 0. The molecule has 0 saturated carbocycles. The Labute approximate surface area is 115 Å². The Balaban J connectivity index is 2.71. The molecule has 0 unspecified atom stereocenters. The van der Waals surface area contributed by atoms with Crippen molar-refractivity contribution in [1.29, 1.82) is 0 Å². The lowest BCUT2D eigenvalue weighted by atomic mass is 10.3. The number of anilines is 1. The number of nitrogens with zero attached hydrogens (tertiary/aromatic N) is 3. The molecule has 3 N–H and O–H groups in total. The highest BCUT2D eigenvalue weighted by molar-refractivity contribution is 5.47. The van der Waals surface area contributed by atoms with Gasteiger partial charge in [-0.2, -0.15) is 4.98 Å². The normalized spacial score (nSPS) is 10.8. The van der Waals surface area contributed by atoms with Gasteiger partial charge in [0.2, 0.25) is 5.88 Å². The average molecular weight is 267 g/mol. The molecule has 6 heteroatoms. The quantitative estimate of drug-likeness (QED) is 0.421. The number of hydrogen-bond acceptors (Lipinski definition) is 6. The van der Waals surface area contributed by atoms with E-state index < -0.39 is 0 Å². The highest BCUT2D eigenvalue weighted by Crippen LogP contribution is 2.21. The van der Waals surface area contributed by atoms with Gasteiger partial charge in [-0.05, 0) is 33.9 Å². The van der Waals surface area contributed by atoms with Crippen LogP contribution in [-0.4, -0.2) is 42.1 Å². The van der Waals surface area contributed by atoms with Crippen LogP contribution in [0.5, 0.6) is 5.88 Å². The first kappa shape index (κ1) is 15.7. The van der Waals surface area contributed by atoms with Crippen molar-refractivity contribution in [3.8, 4) is 5.88 Å². The van der Waals surface area contributed by atoms with Crippen LogP contribution in [0.15, 0.2) is 0 Å². The Morgan fingerprint density at radius 1 is 1.32 bits per heavy atom. The van der Waals surface area contributed by atoms with E-state index in [2.05, 4.69) is 27.2 Å². The summed E-state index contributed by atoms with van der Waals surface area (Å²) in [5.74, 6) is 7.51. The van der Waals surface area contributed by atoms with Gasteiger partial charge >= 0.3 is 0 Å². The maximum atomic E-state index is 5.74. The van der Waals surface area contributed by atoms with Crippen LogP contribution >= 0.6 is 0 Å². The van der Waals surface area contributed by atoms with Crippen molar-refractivity contribution in [2.24, 2.45) is 5.84 Å². The SMILES string of the molecule is CCCc1nc(NN)c(C)c(OCCCN(C)C)n1. The lowest BCUT2D eigenvalue weighted by Gasteiger charge is -2.14. The second-order valence-corrected chi connectivity index (χ2v) is 4.82. The maximum absolute atomic E-state index is 5.74. The molecule has 0 aromatic carbocycles. The molecule has 0 radical (unpaired) electrons. The number of hydrazine groups is 1. The van der Waals surface area contributed by atoms with E-state index in [1.165, 1.54) is 0 Å². The summed E-state index contributed by atoms with van der Waals surface area (Å²) in [7, 11) is 4.09. The standard InChI is InChI=1S/C13H25N5O/c1-5-7-11-15-12(17-14)10(2)13(16-11)19-9-6-8-18(3)4/h5-9,14H2,1-4H3,(H,15,16,17). The number of aryl methyl sites for hydroxylation is 1. The Morgan fingerprint density at radius 2 is 2.05 bits per heavy atom. The van der Waals surface area contributed by atoms with Gasteiger partial charge in [-0.25, -0.2) is 10.8 Å². The minimum Gasteiger partial charge on any atom is -0.477 e. The fourth-order valence-electron chi connectivity index (χ4n) is 1.71. The van der Waals surface area contributed by atoms with Crippen LogP contribution in [0, 0.1) is 6.92 Å². The third-order valence-corrected chi connectivity index (χ3v) is 2.75. The van der Waals surface area contributed by atoms with E-state index in [0.29, 0.717) is 18.3 Å². The smallest absolute Gasteiger partial charge is 0.221 e. The van der Waals surface area contributed by atoms with Gasteiger partial charge in [0.15, 0.2) is 0 Å². The van der Waals surface area contributed by atoms with Crippen LogP contribution < -0.4 is 16.0 Å². The molecule has 0 aliphatic heterocycles. The zero-order valence-electron chi connectivity index (χ0n) is 12.4. The second kappa shape index (κ2) is 7.91. The lowest BCUT2D eigenvalue weighted by Crippen LogP contribution is -2.17. The number of aromatic nitrogens is 2. The van der Waals surface area contributed by atoms with Crippen molar-refractivity contribution < 1.29 is 4.74 Å². The summed E-state index contributed by atoms with van der Waals surface area (Å²) < 4.78 is 5.74. The molecular formula is C13H25N5O. The molecule has 0 aliphatic carbocycles. The molecule has 0 spiro atoms. The average Bonchev–Trinajstić information content (AvgIpc) is 2.37. The third kappa shape index (κ3) is 5.00. The molecule has 6 nitrogen and oxygen atoms in total. The lowest BCUT2D eigenvalue weighted by molar-refractivity contribution is 0.270. The second-order valence-electron chi connectivity index (χ2n) is 4.82. The van der Waals surface area contributed by atoms with Crippen LogP contribution in [0.2, 0.25) is 0 Å². The van der Waals surface area contributed by atoms with E-state index >= 15 is 0 Å². The van der Waals surface area contributed by atoms with E-state index in [4.69, 9.17) is 10.6 Å². The molecule has 0 amide bonds. The summed E-state index contributed by atoms with van der Waals surface area (Å²) in [6.45, 7) is 5.64. The monoisotopic (exact) mass is 267 g/mol. The molecule has 1 aromatic heterocycles. The van der Waals surface area contributed by atoms with Gasteiger partial charge < -0.3 is 15.1 Å². The molecule has 108 valence electrons. The number of rotatable bonds is 8. The molecular weight excluding hydrogens is 242 g/mol. The summed E-state index contributed by atoms with van der Waals surface area (Å²) in [4.78, 5) is 10.9. The molecule has 0 fully saturated rings. The fraction of sp³-hybridized carbons (Fsp3) is 0.692. The first-order valence-corrected chi connectivity index (χ1v) is 6.70. The van der Waals surface area contributed by atoms with Gasteiger partial charge in [-0.3, -0.25) is 0 Å². The van der Waals surface area contributed by atoms with Gasteiger partial charge in [0, 0.05) is 13.0 Å². The topological polar surface area (TPSA) is 76.3 Å². The zero-order valence-corrected chi connectivity index (χ0v) is 12.4. The Bertz CT molecular complexity index is 395.